The molecular weight excluding hydrogens is 997 g/mol. The maximum Gasteiger partial charge on any atom is 0.335 e. The quantitative estimate of drug-likeness (QED) is 0.0228. The molecule has 0 aliphatic carbocycles. The van der Waals surface area contributed by atoms with Crippen LogP contribution in [-0.4, -0.2) is 89.2 Å². The molecule has 6 atom stereocenters. The van der Waals surface area contributed by atoms with E-state index in [1.54, 1.807) is 0 Å². The van der Waals surface area contributed by atoms with Crippen LogP contribution >= 0.6 is 0 Å². The minimum Gasteiger partial charge on any atom is -0.479 e. The second-order valence-corrected chi connectivity index (χ2v) is 20.2. The summed E-state index contributed by atoms with van der Waals surface area (Å²) in [5, 5.41) is 31.5. The molecule has 1 fully saturated rings. The van der Waals surface area contributed by atoms with Crippen molar-refractivity contribution in [3.63, 3.8) is 0 Å². The zero-order valence-electron chi connectivity index (χ0n) is 49.1. The van der Waals surface area contributed by atoms with Crippen molar-refractivity contribution in [1.82, 2.24) is 0 Å². The van der Waals surface area contributed by atoms with Crippen molar-refractivity contribution in [2.24, 2.45) is 0 Å². The average Bonchev–Trinajstić information content (AvgIpc) is 3.47. The van der Waals surface area contributed by atoms with E-state index in [0.29, 0.717) is 25.7 Å². The molecule has 0 amide bonds. The van der Waals surface area contributed by atoms with Gasteiger partial charge in [-0.15, -0.1) is 0 Å². The Morgan fingerprint density at radius 2 is 0.823 bits per heavy atom. The van der Waals surface area contributed by atoms with Crippen LogP contribution in [0.3, 0.4) is 0 Å². The minimum absolute atomic E-state index is 0.0275. The van der Waals surface area contributed by atoms with Crippen molar-refractivity contribution in [2.75, 3.05) is 13.2 Å². The van der Waals surface area contributed by atoms with Crippen molar-refractivity contribution in [3.05, 3.63) is 122 Å². The van der Waals surface area contributed by atoms with Crippen LogP contribution in [0.25, 0.3) is 0 Å². The Labute approximate surface area is 478 Å². The lowest BCUT2D eigenvalue weighted by molar-refractivity contribution is -0.301. The van der Waals surface area contributed by atoms with E-state index in [9.17, 15) is 34.5 Å². The van der Waals surface area contributed by atoms with Gasteiger partial charge in [-0.25, -0.2) is 4.79 Å². The van der Waals surface area contributed by atoms with Crippen molar-refractivity contribution in [3.8, 4) is 0 Å². The van der Waals surface area contributed by atoms with Gasteiger partial charge in [0.15, 0.2) is 24.6 Å². The highest BCUT2D eigenvalue weighted by molar-refractivity contribution is 5.74. The van der Waals surface area contributed by atoms with Crippen LogP contribution in [0.4, 0.5) is 0 Å². The third-order valence-corrected chi connectivity index (χ3v) is 13.0. The number of allylic oxidation sites excluding steroid dienone is 20. The number of aliphatic hydroxyl groups is 2. The number of aliphatic hydroxyl groups excluding tert-OH is 2. The largest absolute Gasteiger partial charge is 0.479 e. The van der Waals surface area contributed by atoms with E-state index >= 15 is 0 Å². The Morgan fingerprint density at radius 1 is 0.430 bits per heavy atom. The fraction of sp³-hybridized carbons (Fsp3) is 0.642. The van der Waals surface area contributed by atoms with Gasteiger partial charge in [-0.05, 0) is 116 Å². The second-order valence-electron chi connectivity index (χ2n) is 20.2. The predicted molar refractivity (Wildman–Crippen MR) is 321 cm³/mol. The number of rotatable bonds is 50. The lowest BCUT2D eigenvalue weighted by Gasteiger charge is -2.40. The normalized spacial score (nSPS) is 18.7. The van der Waals surface area contributed by atoms with E-state index in [4.69, 9.17) is 23.7 Å². The summed E-state index contributed by atoms with van der Waals surface area (Å²) < 4.78 is 28.3. The van der Waals surface area contributed by atoms with Crippen LogP contribution in [0.1, 0.15) is 226 Å². The van der Waals surface area contributed by atoms with Crippen molar-refractivity contribution >= 4 is 23.9 Å². The molecule has 12 nitrogen and oxygen atoms in total. The van der Waals surface area contributed by atoms with Crippen molar-refractivity contribution in [1.29, 1.82) is 0 Å². The van der Waals surface area contributed by atoms with E-state index in [2.05, 4.69) is 130 Å². The standard InChI is InChI=1S/C67H106O12/c1-4-7-10-13-16-19-22-25-27-29-30-32-33-36-38-41-44-47-50-53-59(68)75-56-58(77-60(69)54-51-48-45-42-39-35-24-21-18-15-12-9-6-3)57-76-67-65(63(72)62(71)64(79-67)66(73)74)78-61(70)55-52-49-46-43-40-37-34-31-28-26-23-20-17-14-11-8-5-2/h7,9-10,12,16,18-19,21,25-28,30,32,35-36,38-39,45,48,58,62-65,67,71-72H,4-6,8,11,13-15,17,20,22-24,29,31,33-34,37,40-44,46-47,49-57H2,1-3H3,(H,73,74)/b10-7-,12-9-,19-16-,21-18-,27-25-,28-26-,32-30-,38-36-,39-35-,48-45-. The van der Waals surface area contributed by atoms with Crippen molar-refractivity contribution in [2.45, 2.75) is 263 Å². The minimum atomic E-state index is -1.92. The van der Waals surface area contributed by atoms with Crippen LogP contribution in [0.5, 0.6) is 0 Å². The highest BCUT2D eigenvalue weighted by Crippen LogP contribution is 2.26. The molecule has 0 spiro atoms. The van der Waals surface area contributed by atoms with E-state index in [-0.39, 0.29) is 25.9 Å². The topological polar surface area (TPSA) is 175 Å². The summed E-state index contributed by atoms with van der Waals surface area (Å²) in [6.07, 6.45) is 61.8. The number of carboxylic acids is 1. The lowest BCUT2D eigenvalue weighted by Crippen LogP contribution is -2.61. The first kappa shape index (κ1) is 72.1. The van der Waals surface area contributed by atoms with Crippen LogP contribution in [0.15, 0.2) is 122 Å². The summed E-state index contributed by atoms with van der Waals surface area (Å²) in [5.41, 5.74) is 0. The molecule has 0 aromatic rings. The summed E-state index contributed by atoms with van der Waals surface area (Å²) in [7, 11) is 0. The molecule has 446 valence electrons. The van der Waals surface area contributed by atoms with Gasteiger partial charge in [0.25, 0.3) is 0 Å². The molecule has 0 aromatic carbocycles. The first-order chi connectivity index (χ1) is 38.6. The zero-order valence-corrected chi connectivity index (χ0v) is 49.1. The Bertz CT molecular complexity index is 1840. The van der Waals surface area contributed by atoms with Gasteiger partial charge in [-0.3, -0.25) is 14.4 Å². The zero-order chi connectivity index (χ0) is 57.5. The number of hydrogen-bond donors (Lipinski definition) is 3. The Morgan fingerprint density at radius 3 is 1.29 bits per heavy atom. The van der Waals surface area contributed by atoms with E-state index in [1.807, 2.05) is 12.2 Å². The number of carboxylic acid groups (broad SMARTS) is 1. The average molecular weight is 1100 g/mol. The lowest BCUT2D eigenvalue weighted by atomic mass is 9.98. The first-order valence-electron chi connectivity index (χ1n) is 30.5. The van der Waals surface area contributed by atoms with Crippen LogP contribution in [0.2, 0.25) is 0 Å². The monoisotopic (exact) mass is 1100 g/mol. The molecule has 0 saturated carbocycles. The third-order valence-electron chi connectivity index (χ3n) is 13.0. The van der Waals surface area contributed by atoms with Gasteiger partial charge in [0.2, 0.25) is 0 Å². The number of esters is 3. The van der Waals surface area contributed by atoms with Gasteiger partial charge >= 0.3 is 23.9 Å². The predicted octanol–water partition coefficient (Wildman–Crippen LogP) is 16.0. The Kier molecular flexibility index (Phi) is 49.1. The number of carbonyl (C=O) groups excluding carboxylic acids is 3. The maximum absolute atomic E-state index is 13.1. The van der Waals surface area contributed by atoms with Gasteiger partial charge < -0.3 is 39.0 Å². The van der Waals surface area contributed by atoms with Gasteiger partial charge in [-0.2, -0.15) is 0 Å². The number of aliphatic carboxylic acids is 1. The molecule has 0 bridgehead atoms. The molecule has 1 saturated heterocycles. The summed E-state index contributed by atoms with van der Waals surface area (Å²) in [4.78, 5) is 51.1. The highest BCUT2D eigenvalue weighted by Gasteiger charge is 2.50. The van der Waals surface area contributed by atoms with Gasteiger partial charge in [-0.1, -0.05) is 213 Å². The molecule has 1 aliphatic heterocycles. The van der Waals surface area contributed by atoms with E-state index in [1.165, 1.54) is 44.9 Å². The Hall–Kier alpha value is -4.88. The third kappa shape index (κ3) is 43.6. The van der Waals surface area contributed by atoms with Crippen LogP contribution in [0, 0.1) is 0 Å². The van der Waals surface area contributed by atoms with Crippen LogP contribution < -0.4 is 0 Å². The maximum atomic E-state index is 13.1. The molecule has 1 rings (SSSR count). The summed E-state index contributed by atoms with van der Waals surface area (Å²) in [6, 6.07) is 0. The molecule has 1 aliphatic rings. The van der Waals surface area contributed by atoms with Crippen molar-refractivity contribution < 1.29 is 58.2 Å². The molecule has 0 aromatic heterocycles. The number of unbranched alkanes of at least 4 members (excludes halogenated alkanes) is 16. The van der Waals surface area contributed by atoms with Gasteiger partial charge in [0, 0.05) is 19.3 Å². The molecule has 79 heavy (non-hydrogen) atoms. The molecule has 3 N–H and O–H groups in total. The smallest absolute Gasteiger partial charge is 0.335 e. The molecule has 1 heterocycles. The highest BCUT2D eigenvalue weighted by atomic mass is 16.7. The SMILES string of the molecule is CC/C=C\C/C=C\C/C=C\C/C=C\C/C=C\CCCCCC(=O)OCC(COC1OC(C(=O)O)C(O)C(O)C1OC(=O)CCCCCCCCC/C=C\CCCCCCCC)OC(=O)CC/C=C\C/C=C\C/C=C\C/C=C\CC. The fourth-order valence-electron chi connectivity index (χ4n) is 8.40. The van der Waals surface area contributed by atoms with Crippen LogP contribution in [-0.2, 0) is 42.9 Å². The molecule has 6 unspecified atom stereocenters. The summed E-state index contributed by atoms with van der Waals surface area (Å²) >= 11 is 0. The molecule has 12 heteroatoms. The molecular formula is C67H106O12. The van der Waals surface area contributed by atoms with E-state index < -0.39 is 67.3 Å². The molecule has 0 radical (unpaired) electrons. The van der Waals surface area contributed by atoms with E-state index in [0.717, 1.165) is 116 Å². The fourth-order valence-corrected chi connectivity index (χ4v) is 8.40. The van der Waals surface area contributed by atoms with Gasteiger partial charge in [0.1, 0.15) is 18.8 Å². The Balaban J connectivity index is 2.73. The number of carbonyl (C=O) groups is 4. The summed E-state index contributed by atoms with van der Waals surface area (Å²) in [6.45, 7) is 5.66. The summed E-state index contributed by atoms with van der Waals surface area (Å²) in [5.74, 6) is -3.29. The second kappa shape index (κ2) is 53.7. The van der Waals surface area contributed by atoms with Gasteiger partial charge in [0.05, 0.1) is 6.61 Å². The first-order valence-corrected chi connectivity index (χ1v) is 30.5. The number of ether oxygens (including phenoxy) is 5. The number of hydrogen-bond acceptors (Lipinski definition) is 11.